The van der Waals surface area contributed by atoms with Crippen molar-refractivity contribution in [2.24, 2.45) is 5.92 Å². The Morgan fingerprint density at radius 3 is 2.95 bits per heavy atom. The van der Waals surface area contributed by atoms with E-state index in [4.69, 9.17) is 13.9 Å². The zero-order valence-electron chi connectivity index (χ0n) is 12.6. The van der Waals surface area contributed by atoms with Crippen molar-refractivity contribution >= 4 is 32.9 Å². The van der Waals surface area contributed by atoms with Gasteiger partial charge in [-0.2, -0.15) is 0 Å². The maximum absolute atomic E-state index is 12.3. The van der Waals surface area contributed by atoms with Crippen LogP contribution in [0.15, 0.2) is 15.0 Å². The Kier molecular flexibility index (Phi) is 3.22. The van der Waals surface area contributed by atoms with E-state index in [9.17, 15) is 4.79 Å². The first-order valence-corrected chi connectivity index (χ1v) is 8.33. The summed E-state index contributed by atoms with van der Waals surface area (Å²) in [5.41, 5.74) is 3.16. The summed E-state index contributed by atoms with van der Waals surface area (Å²) in [6, 6.07) is 1.93. The van der Waals surface area contributed by atoms with Gasteiger partial charge < -0.3 is 13.9 Å². The molecule has 1 aromatic heterocycles. The Morgan fingerprint density at radius 2 is 2.23 bits per heavy atom. The maximum Gasteiger partial charge on any atom is 0.309 e. The number of aryl methyl sites for hydroxylation is 1. The van der Waals surface area contributed by atoms with Crippen molar-refractivity contribution in [3.8, 4) is 5.75 Å². The lowest BCUT2D eigenvalue weighted by Crippen LogP contribution is -2.30. The van der Waals surface area contributed by atoms with Crippen LogP contribution < -0.4 is 4.74 Å². The molecule has 2 aromatic rings. The highest BCUT2D eigenvalue weighted by molar-refractivity contribution is 9.10. The summed E-state index contributed by atoms with van der Waals surface area (Å²) in [6.45, 7) is 0. The third kappa shape index (κ3) is 1.78. The van der Waals surface area contributed by atoms with Gasteiger partial charge in [-0.25, -0.2) is 0 Å². The Balaban J connectivity index is 2.02. The van der Waals surface area contributed by atoms with E-state index >= 15 is 0 Å². The zero-order valence-corrected chi connectivity index (χ0v) is 14.2. The molecule has 0 unspecified atom stereocenters. The highest BCUT2D eigenvalue weighted by Gasteiger charge is 2.42. The van der Waals surface area contributed by atoms with E-state index in [-0.39, 0.29) is 17.8 Å². The molecule has 5 heteroatoms. The van der Waals surface area contributed by atoms with Crippen molar-refractivity contribution in [1.82, 2.24) is 0 Å². The number of esters is 1. The van der Waals surface area contributed by atoms with Gasteiger partial charge in [-0.3, -0.25) is 4.79 Å². The van der Waals surface area contributed by atoms with Gasteiger partial charge in [0.2, 0.25) is 0 Å². The fourth-order valence-electron chi connectivity index (χ4n) is 4.07. The maximum atomic E-state index is 12.3. The summed E-state index contributed by atoms with van der Waals surface area (Å²) in [6.07, 6.45) is 3.67. The van der Waals surface area contributed by atoms with Crippen molar-refractivity contribution in [2.75, 3.05) is 14.2 Å². The number of benzene rings is 1. The Morgan fingerprint density at radius 1 is 1.41 bits per heavy atom. The molecule has 0 bridgehead atoms. The number of rotatable bonds is 2. The smallest absolute Gasteiger partial charge is 0.309 e. The summed E-state index contributed by atoms with van der Waals surface area (Å²) in [7, 11) is 3.12. The number of furan rings is 1. The monoisotopic (exact) mass is 364 g/mol. The molecule has 1 aromatic carbocycles. The topological polar surface area (TPSA) is 48.7 Å². The Labute approximate surface area is 136 Å². The van der Waals surface area contributed by atoms with Crippen LogP contribution >= 0.6 is 15.9 Å². The van der Waals surface area contributed by atoms with Gasteiger partial charge in [0.25, 0.3) is 0 Å². The summed E-state index contributed by atoms with van der Waals surface area (Å²) in [5.74, 6) is 1.71. The second kappa shape index (κ2) is 5.01. The van der Waals surface area contributed by atoms with E-state index in [1.807, 2.05) is 6.07 Å². The SMILES string of the molecule is COC(=O)[C@H]1Cc2c(Br)cc(OC)c3oc4c(c23)[C@@H]1CCC4. The van der Waals surface area contributed by atoms with Crippen molar-refractivity contribution < 1.29 is 18.7 Å². The number of halogens is 1. The van der Waals surface area contributed by atoms with Gasteiger partial charge in [0.1, 0.15) is 5.76 Å². The molecule has 2 aliphatic rings. The minimum atomic E-state index is -0.124. The average molecular weight is 365 g/mol. The van der Waals surface area contributed by atoms with Gasteiger partial charge >= 0.3 is 5.97 Å². The van der Waals surface area contributed by atoms with E-state index in [1.54, 1.807) is 7.11 Å². The van der Waals surface area contributed by atoms with Crippen molar-refractivity contribution in [2.45, 2.75) is 31.6 Å². The van der Waals surface area contributed by atoms with Crippen LogP contribution in [0, 0.1) is 5.92 Å². The summed E-state index contributed by atoms with van der Waals surface area (Å²) in [5, 5.41) is 1.14. The lowest BCUT2D eigenvalue weighted by molar-refractivity contribution is -0.146. The Bertz CT molecular complexity index is 777. The number of hydrogen-bond acceptors (Lipinski definition) is 4. The fraction of sp³-hybridized carbons (Fsp3) is 0.471. The lowest BCUT2D eigenvalue weighted by Gasteiger charge is -2.32. The number of carbonyl (C=O) groups excluding carboxylic acids is 1. The van der Waals surface area contributed by atoms with E-state index < -0.39 is 0 Å². The van der Waals surface area contributed by atoms with E-state index in [0.717, 1.165) is 51.8 Å². The molecular formula is C17H17BrO4. The summed E-state index contributed by atoms with van der Waals surface area (Å²) < 4.78 is 17.6. The molecule has 0 amide bonds. The van der Waals surface area contributed by atoms with Crippen LogP contribution in [-0.4, -0.2) is 20.2 Å². The van der Waals surface area contributed by atoms with E-state index in [1.165, 1.54) is 12.7 Å². The van der Waals surface area contributed by atoms with Gasteiger partial charge in [-0.05, 0) is 30.9 Å². The van der Waals surface area contributed by atoms with Crippen LogP contribution in [-0.2, 0) is 22.4 Å². The predicted octanol–water partition coefficient (Wildman–Crippen LogP) is 3.97. The van der Waals surface area contributed by atoms with Gasteiger partial charge in [-0.15, -0.1) is 0 Å². The van der Waals surface area contributed by atoms with Crippen LogP contribution in [0.1, 0.15) is 35.6 Å². The molecule has 0 radical (unpaired) electrons. The van der Waals surface area contributed by atoms with Gasteiger partial charge in [0.05, 0.1) is 20.1 Å². The molecule has 2 atom stereocenters. The molecule has 0 aliphatic heterocycles. The highest BCUT2D eigenvalue weighted by Crippen LogP contribution is 2.52. The Hall–Kier alpha value is -1.49. The number of carbonyl (C=O) groups is 1. The van der Waals surface area contributed by atoms with Crippen LogP contribution in [0.25, 0.3) is 11.0 Å². The van der Waals surface area contributed by atoms with Crippen LogP contribution in [0.3, 0.4) is 0 Å². The van der Waals surface area contributed by atoms with Crippen molar-refractivity contribution in [3.05, 3.63) is 27.4 Å². The fourth-order valence-corrected chi connectivity index (χ4v) is 4.64. The molecule has 4 nitrogen and oxygen atoms in total. The molecule has 0 N–H and O–H groups in total. The van der Waals surface area contributed by atoms with Crippen molar-refractivity contribution in [3.63, 3.8) is 0 Å². The molecule has 0 saturated heterocycles. The second-order valence-corrected chi connectivity index (χ2v) is 6.87. The third-order valence-electron chi connectivity index (χ3n) is 5.02. The summed E-state index contributed by atoms with van der Waals surface area (Å²) in [4.78, 5) is 12.3. The predicted molar refractivity (Wildman–Crippen MR) is 85.4 cm³/mol. The molecule has 2 aliphatic carbocycles. The number of ether oxygens (including phenoxy) is 2. The van der Waals surface area contributed by atoms with Crippen LogP contribution in [0.2, 0.25) is 0 Å². The molecule has 0 fully saturated rings. The average Bonchev–Trinajstić information content (AvgIpc) is 2.93. The molecule has 22 heavy (non-hydrogen) atoms. The quantitative estimate of drug-likeness (QED) is 0.756. The minimum Gasteiger partial charge on any atom is -0.493 e. The number of methoxy groups -OCH3 is 2. The lowest BCUT2D eigenvalue weighted by atomic mass is 9.70. The highest BCUT2D eigenvalue weighted by atomic mass is 79.9. The standard InChI is InChI=1S/C17H17BrO4/c1-20-13-7-11(18)10-6-9(17(19)21-2)8-4-3-5-12-14(8)15(10)16(13)22-12/h7-9H,3-6H2,1-2H3/t8-,9+/m1/s1. The van der Waals surface area contributed by atoms with Crippen LogP contribution in [0.5, 0.6) is 5.75 Å². The van der Waals surface area contributed by atoms with Crippen LogP contribution in [0.4, 0.5) is 0 Å². The molecule has 1 heterocycles. The first kappa shape index (κ1) is 14.1. The van der Waals surface area contributed by atoms with Crippen molar-refractivity contribution in [1.29, 1.82) is 0 Å². The molecule has 116 valence electrons. The van der Waals surface area contributed by atoms with E-state index in [0.29, 0.717) is 6.42 Å². The van der Waals surface area contributed by atoms with Gasteiger partial charge in [-0.1, -0.05) is 15.9 Å². The van der Waals surface area contributed by atoms with Gasteiger partial charge in [0, 0.05) is 27.8 Å². The number of hydrogen-bond donors (Lipinski definition) is 0. The minimum absolute atomic E-state index is 0.123. The normalized spacial score (nSPS) is 22.7. The molecule has 4 rings (SSSR count). The molecule has 0 spiro atoms. The van der Waals surface area contributed by atoms with E-state index in [2.05, 4.69) is 15.9 Å². The zero-order chi connectivity index (χ0) is 15.4. The largest absolute Gasteiger partial charge is 0.493 e. The summed E-state index contributed by atoms with van der Waals surface area (Å²) >= 11 is 3.63. The first-order valence-electron chi connectivity index (χ1n) is 7.54. The third-order valence-corrected chi connectivity index (χ3v) is 5.72. The molecular weight excluding hydrogens is 348 g/mol. The second-order valence-electron chi connectivity index (χ2n) is 6.01. The van der Waals surface area contributed by atoms with Gasteiger partial charge in [0.15, 0.2) is 11.3 Å². The first-order chi connectivity index (χ1) is 10.7. The molecule has 0 saturated carbocycles.